The van der Waals surface area contributed by atoms with Gasteiger partial charge >= 0.3 is 12.1 Å². The van der Waals surface area contributed by atoms with Crippen molar-refractivity contribution < 1.29 is 36.3 Å². The van der Waals surface area contributed by atoms with Crippen LogP contribution >= 0.6 is 0 Å². The Labute approximate surface area is 231 Å². The third-order valence-electron chi connectivity index (χ3n) is 6.54. The zero-order valence-corrected chi connectivity index (χ0v) is 22.9. The molecule has 2 aromatic rings. The Morgan fingerprint density at radius 1 is 1.05 bits per heavy atom. The highest BCUT2D eigenvalue weighted by Gasteiger charge is 2.38. The van der Waals surface area contributed by atoms with Gasteiger partial charge in [-0.3, -0.25) is 9.52 Å². The summed E-state index contributed by atoms with van der Waals surface area (Å²) in [6.07, 6.45) is 3.00. The number of amides is 1. The summed E-state index contributed by atoms with van der Waals surface area (Å²) in [5, 5.41) is 13.6. The van der Waals surface area contributed by atoms with Gasteiger partial charge in [0.15, 0.2) is 0 Å². The number of hydrogen-bond acceptors (Lipinski definition) is 7. The van der Waals surface area contributed by atoms with Gasteiger partial charge in [0.1, 0.15) is 5.82 Å². The Morgan fingerprint density at radius 2 is 1.62 bits per heavy atom. The van der Waals surface area contributed by atoms with Gasteiger partial charge in [0.2, 0.25) is 0 Å². The molecule has 1 aliphatic carbocycles. The molecule has 1 aliphatic heterocycles. The van der Waals surface area contributed by atoms with E-state index in [1.807, 2.05) is 6.92 Å². The van der Waals surface area contributed by atoms with E-state index in [-0.39, 0.29) is 22.5 Å². The van der Waals surface area contributed by atoms with E-state index in [2.05, 4.69) is 25.2 Å². The van der Waals surface area contributed by atoms with Crippen LogP contribution in [0.25, 0.3) is 0 Å². The quantitative estimate of drug-likeness (QED) is 0.377. The zero-order valence-electron chi connectivity index (χ0n) is 22.1. The van der Waals surface area contributed by atoms with Gasteiger partial charge in [-0.2, -0.15) is 13.2 Å². The van der Waals surface area contributed by atoms with Crippen molar-refractivity contribution in [2.75, 3.05) is 35.8 Å². The number of aliphatic carboxylic acids is 1. The first-order chi connectivity index (χ1) is 18.9. The number of carbonyl (C=O) groups is 2. The summed E-state index contributed by atoms with van der Waals surface area (Å²) in [7, 11) is -3.79. The molecule has 1 aromatic heterocycles. The highest BCUT2D eigenvalue weighted by molar-refractivity contribution is 7.92. The van der Waals surface area contributed by atoms with Crippen molar-refractivity contribution in [3.63, 3.8) is 0 Å². The molecular formula is C26H34F3N5O5S. The van der Waals surface area contributed by atoms with E-state index < -0.39 is 22.2 Å². The fraction of sp³-hybridized carbons (Fsp3) is 0.500. The van der Waals surface area contributed by atoms with E-state index >= 15 is 0 Å². The highest BCUT2D eigenvalue weighted by Crippen LogP contribution is 2.25. The number of carboxylic acid groups (broad SMARTS) is 1. The second-order valence-corrected chi connectivity index (χ2v) is 11.4. The molecule has 14 heteroatoms. The van der Waals surface area contributed by atoms with E-state index in [0.29, 0.717) is 11.4 Å². The van der Waals surface area contributed by atoms with Crippen molar-refractivity contribution in [2.45, 2.75) is 62.6 Å². The number of benzene rings is 1. The molecule has 2 aliphatic rings. The third kappa shape index (κ3) is 9.08. The number of sulfonamides is 1. The first-order valence-electron chi connectivity index (χ1n) is 13.0. The largest absolute Gasteiger partial charge is 0.490 e. The van der Waals surface area contributed by atoms with E-state index in [1.165, 1.54) is 19.0 Å². The van der Waals surface area contributed by atoms with Gasteiger partial charge in [-0.25, -0.2) is 18.2 Å². The minimum atomic E-state index is -5.08. The Balaban J connectivity index is 0.000000559. The Kier molecular flexibility index (Phi) is 10.7. The van der Waals surface area contributed by atoms with Gasteiger partial charge in [-0.05, 0) is 38.0 Å². The fourth-order valence-electron chi connectivity index (χ4n) is 4.43. The van der Waals surface area contributed by atoms with Crippen LogP contribution in [0.4, 0.5) is 24.7 Å². The number of carbonyl (C=O) groups excluding carboxylic acids is 1. The van der Waals surface area contributed by atoms with Crippen LogP contribution in [0.3, 0.4) is 0 Å². The number of aromatic nitrogens is 1. The lowest BCUT2D eigenvalue weighted by molar-refractivity contribution is -0.192. The number of nitrogens with zero attached hydrogens (tertiary/aromatic N) is 2. The topological polar surface area (TPSA) is 141 Å². The molecule has 0 radical (unpaired) electrons. The Morgan fingerprint density at radius 3 is 2.17 bits per heavy atom. The molecule has 2 heterocycles. The third-order valence-corrected chi connectivity index (χ3v) is 7.94. The molecule has 0 unspecified atom stereocenters. The standard InChI is InChI=1S/C24H33N5O3S.C2HF3O2/c1-18-8-10-21(11-9-18)33(31,32)28-20-16-22(23(26-17-20)29-14-12-25-13-15-29)24(30)27-19-6-4-2-3-5-7-19;3-2(4,5)1(6)7/h8-11,16-17,19,25,28H,2-7,12-15H2,1H3,(H,27,30);(H,6,7). The number of anilines is 2. The predicted molar refractivity (Wildman–Crippen MR) is 144 cm³/mol. The average Bonchev–Trinajstić information content (AvgIpc) is 3.17. The molecule has 4 N–H and O–H groups in total. The van der Waals surface area contributed by atoms with E-state index in [1.54, 1.807) is 30.3 Å². The van der Waals surface area contributed by atoms with Crippen LogP contribution in [0.1, 0.15) is 54.4 Å². The molecule has 1 saturated carbocycles. The molecule has 1 aromatic carbocycles. The number of halogens is 3. The van der Waals surface area contributed by atoms with Gasteiger partial charge in [-0.1, -0.05) is 43.4 Å². The summed E-state index contributed by atoms with van der Waals surface area (Å²) in [6.45, 7) is 5.01. The molecule has 40 heavy (non-hydrogen) atoms. The monoisotopic (exact) mass is 585 g/mol. The number of carboxylic acids is 1. The number of hydrogen-bond donors (Lipinski definition) is 4. The number of piperazine rings is 1. The van der Waals surface area contributed by atoms with Crippen LogP contribution < -0.4 is 20.3 Å². The maximum atomic E-state index is 13.3. The molecular weight excluding hydrogens is 551 g/mol. The van der Waals surface area contributed by atoms with Crippen molar-refractivity contribution in [2.24, 2.45) is 0 Å². The summed E-state index contributed by atoms with van der Waals surface area (Å²) < 4.78 is 60.1. The smallest absolute Gasteiger partial charge is 0.475 e. The molecule has 0 bridgehead atoms. The maximum Gasteiger partial charge on any atom is 0.490 e. The lowest BCUT2D eigenvalue weighted by atomic mass is 10.1. The minimum absolute atomic E-state index is 0.142. The second-order valence-electron chi connectivity index (χ2n) is 9.72. The molecule has 10 nitrogen and oxygen atoms in total. The lowest BCUT2D eigenvalue weighted by Crippen LogP contribution is -2.45. The van der Waals surface area contributed by atoms with Gasteiger partial charge in [0.05, 0.1) is 22.3 Å². The first kappa shape index (κ1) is 31.1. The molecule has 1 amide bonds. The molecule has 0 spiro atoms. The van der Waals surface area contributed by atoms with Crippen LogP contribution in [0.2, 0.25) is 0 Å². The summed E-state index contributed by atoms with van der Waals surface area (Å²) in [5.74, 6) is -2.35. The van der Waals surface area contributed by atoms with Crippen LogP contribution in [0, 0.1) is 6.92 Å². The first-order valence-corrected chi connectivity index (χ1v) is 14.5. The van der Waals surface area contributed by atoms with Crippen LogP contribution in [0.5, 0.6) is 0 Å². The van der Waals surface area contributed by atoms with Crippen molar-refractivity contribution in [1.29, 1.82) is 0 Å². The van der Waals surface area contributed by atoms with Crippen LogP contribution in [-0.4, -0.2) is 68.8 Å². The van der Waals surface area contributed by atoms with Crippen LogP contribution in [-0.2, 0) is 14.8 Å². The molecule has 4 rings (SSSR count). The van der Waals surface area contributed by atoms with Crippen molar-refractivity contribution in [1.82, 2.24) is 15.6 Å². The number of aryl methyl sites for hydroxylation is 1. The SMILES string of the molecule is Cc1ccc(S(=O)(=O)Nc2cnc(N3CCNCC3)c(C(=O)NC3CCCCCC3)c2)cc1.O=C(O)C(F)(F)F. The van der Waals surface area contributed by atoms with E-state index in [0.717, 1.165) is 57.4 Å². The zero-order chi connectivity index (χ0) is 29.3. The minimum Gasteiger partial charge on any atom is -0.475 e. The Hall–Kier alpha value is -3.39. The maximum absolute atomic E-state index is 13.3. The normalized spacial score (nSPS) is 16.8. The van der Waals surface area contributed by atoms with Crippen LogP contribution in [0.15, 0.2) is 41.4 Å². The van der Waals surface area contributed by atoms with Crippen molar-refractivity contribution in [3.8, 4) is 0 Å². The van der Waals surface area contributed by atoms with E-state index in [9.17, 15) is 26.4 Å². The number of alkyl halides is 3. The summed E-state index contributed by atoms with van der Waals surface area (Å²) in [4.78, 5) is 29.0. The summed E-state index contributed by atoms with van der Waals surface area (Å²) in [6, 6.07) is 8.41. The Bertz CT molecular complexity index is 1260. The van der Waals surface area contributed by atoms with E-state index in [4.69, 9.17) is 9.90 Å². The second kappa shape index (κ2) is 13.8. The van der Waals surface area contributed by atoms with Gasteiger partial charge < -0.3 is 20.6 Å². The number of rotatable bonds is 6. The average molecular weight is 586 g/mol. The van der Waals surface area contributed by atoms with Crippen molar-refractivity contribution >= 4 is 33.4 Å². The summed E-state index contributed by atoms with van der Waals surface area (Å²) in [5.41, 5.74) is 1.67. The number of nitrogens with one attached hydrogen (secondary N) is 3. The predicted octanol–water partition coefficient (Wildman–Crippen LogP) is 3.69. The fourth-order valence-corrected chi connectivity index (χ4v) is 5.46. The van der Waals surface area contributed by atoms with Gasteiger partial charge in [0, 0.05) is 32.2 Å². The van der Waals surface area contributed by atoms with Gasteiger partial charge in [0.25, 0.3) is 15.9 Å². The molecule has 0 atom stereocenters. The van der Waals surface area contributed by atoms with Crippen molar-refractivity contribution in [3.05, 3.63) is 47.7 Å². The summed E-state index contributed by atoms with van der Waals surface area (Å²) >= 11 is 0. The molecule has 220 valence electrons. The van der Waals surface area contributed by atoms with Gasteiger partial charge in [-0.15, -0.1) is 0 Å². The number of pyridine rings is 1. The molecule has 2 fully saturated rings. The highest BCUT2D eigenvalue weighted by atomic mass is 32.2. The lowest BCUT2D eigenvalue weighted by Gasteiger charge is -2.30. The molecule has 1 saturated heterocycles.